The molecule has 29 heavy (non-hydrogen) atoms. The fourth-order valence-electron chi connectivity index (χ4n) is 2.41. The molecule has 2 aromatic carbocycles. The van der Waals surface area contributed by atoms with Gasteiger partial charge in [-0.2, -0.15) is 5.10 Å². The third-order valence-corrected chi connectivity index (χ3v) is 4.55. The van der Waals surface area contributed by atoms with Gasteiger partial charge in [-0.15, -0.1) is 11.3 Å². The predicted octanol–water partition coefficient (Wildman–Crippen LogP) is 4.50. The van der Waals surface area contributed by atoms with E-state index in [2.05, 4.69) is 15.5 Å². The Morgan fingerprint density at radius 3 is 2.69 bits per heavy atom. The maximum absolute atomic E-state index is 11.5. The van der Waals surface area contributed by atoms with Crippen molar-refractivity contribution in [2.24, 2.45) is 5.10 Å². The Hall–Kier alpha value is -3.39. The van der Waals surface area contributed by atoms with Crippen LogP contribution in [0.15, 0.2) is 59.0 Å². The average molecular weight is 411 g/mol. The number of aromatic nitrogens is 1. The molecule has 0 radical (unpaired) electrons. The van der Waals surface area contributed by atoms with Crippen LogP contribution in [-0.4, -0.2) is 30.9 Å². The van der Waals surface area contributed by atoms with E-state index in [4.69, 9.17) is 14.2 Å². The summed E-state index contributed by atoms with van der Waals surface area (Å²) in [6, 6.07) is 14.9. The van der Waals surface area contributed by atoms with E-state index < -0.39 is 0 Å². The Labute approximate surface area is 173 Å². The van der Waals surface area contributed by atoms with Crippen LogP contribution in [0.5, 0.6) is 17.2 Å². The van der Waals surface area contributed by atoms with E-state index in [1.165, 1.54) is 11.3 Å². The van der Waals surface area contributed by atoms with Gasteiger partial charge in [0.2, 0.25) is 5.13 Å². The molecular formula is C21H21N3O4S. The number of nitrogens with zero attached hydrogens (tertiary/aromatic N) is 2. The maximum Gasteiger partial charge on any atom is 0.311 e. The highest BCUT2D eigenvalue weighted by Gasteiger charge is 2.08. The number of carbonyl (C=O) groups is 1. The van der Waals surface area contributed by atoms with Crippen LogP contribution >= 0.6 is 11.3 Å². The minimum atomic E-state index is -0.294. The zero-order valence-corrected chi connectivity index (χ0v) is 16.9. The number of anilines is 1. The second-order valence-corrected chi connectivity index (χ2v) is 6.67. The molecule has 0 aliphatic heterocycles. The van der Waals surface area contributed by atoms with Crippen LogP contribution < -0.4 is 14.9 Å². The normalized spacial score (nSPS) is 10.7. The highest BCUT2D eigenvalue weighted by molar-refractivity contribution is 7.13. The quantitative estimate of drug-likeness (QED) is 0.317. The summed E-state index contributed by atoms with van der Waals surface area (Å²) in [5.74, 6) is 1.84. The van der Waals surface area contributed by atoms with Crippen molar-refractivity contribution in [3.05, 3.63) is 65.2 Å². The summed E-state index contributed by atoms with van der Waals surface area (Å²) < 4.78 is 16.0. The number of hydrogen-bond acceptors (Lipinski definition) is 8. The molecule has 8 heteroatoms. The Morgan fingerprint density at radius 2 is 1.93 bits per heavy atom. The van der Waals surface area contributed by atoms with Gasteiger partial charge in [-0.3, -0.25) is 10.2 Å². The lowest BCUT2D eigenvalue weighted by Gasteiger charge is -2.09. The fraction of sp³-hybridized carbons (Fsp3) is 0.190. The summed E-state index contributed by atoms with van der Waals surface area (Å²) in [5.41, 5.74) is 4.33. The lowest BCUT2D eigenvalue weighted by atomic mass is 10.2. The van der Waals surface area contributed by atoms with Crippen molar-refractivity contribution in [3.8, 4) is 17.2 Å². The number of nitrogens with one attached hydrogen (secondary N) is 1. The molecular weight excluding hydrogens is 390 g/mol. The van der Waals surface area contributed by atoms with Crippen LogP contribution in [-0.2, 0) is 16.0 Å². The van der Waals surface area contributed by atoms with Gasteiger partial charge in [-0.05, 0) is 43.3 Å². The average Bonchev–Trinajstić information content (AvgIpc) is 3.17. The van der Waals surface area contributed by atoms with E-state index in [1.807, 2.05) is 48.5 Å². The first-order valence-corrected chi connectivity index (χ1v) is 9.86. The number of carbonyl (C=O) groups excluding carboxylic acids is 1. The lowest BCUT2D eigenvalue weighted by Crippen LogP contribution is -2.07. The molecule has 0 unspecified atom stereocenters. The van der Waals surface area contributed by atoms with E-state index in [1.54, 1.807) is 25.6 Å². The second-order valence-electron chi connectivity index (χ2n) is 5.81. The Bertz CT molecular complexity index is 970. The first-order valence-electron chi connectivity index (χ1n) is 8.98. The van der Waals surface area contributed by atoms with E-state index in [0.29, 0.717) is 28.9 Å². The molecule has 0 saturated carbocycles. The van der Waals surface area contributed by atoms with E-state index in [-0.39, 0.29) is 12.4 Å². The number of hydrazone groups is 1. The minimum Gasteiger partial charge on any atom is -0.497 e. The molecule has 0 aliphatic rings. The largest absolute Gasteiger partial charge is 0.497 e. The summed E-state index contributed by atoms with van der Waals surface area (Å²) in [5, 5.41) is 6.62. The number of para-hydroxylation sites is 1. The molecule has 0 fully saturated rings. The first kappa shape index (κ1) is 20.3. The zero-order chi connectivity index (χ0) is 20.5. The number of methoxy groups -OCH3 is 1. The van der Waals surface area contributed by atoms with Gasteiger partial charge in [0.15, 0.2) is 0 Å². The molecule has 0 atom stereocenters. The molecule has 7 nitrogen and oxygen atoms in total. The van der Waals surface area contributed by atoms with Gasteiger partial charge in [-0.1, -0.05) is 12.1 Å². The molecule has 0 aliphatic carbocycles. The van der Waals surface area contributed by atoms with Gasteiger partial charge in [0.25, 0.3) is 0 Å². The minimum absolute atomic E-state index is 0.147. The number of thiazole rings is 1. The number of ether oxygens (including phenoxy) is 3. The molecule has 1 heterocycles. The van der Waals surface area contributed by atoms with Crippen LogP contribution in [0.4, 0.5) is 5.13 Å². The third-order valence-electron chi connectivity index (χ3n) is 3.75. The number of rotatable bonds is 9. The summed E-state index contributed by atoms with van der Waals surface area (Å²) in [6.45, 7) is 2.13. The molecule has 1 N–H and O–H groups in total. The molecule has 0 amide bonds. The Morgan fingerprint density at radius 1 is 1.17 bits per heavy atom. The predicted molar refractivity (Wildman–Crippen MR) is 113 cm³/mol. The number of benzene rings is 2. The number of esters is 1. The van der Waals surface area contributed by atoms with E-state index in [9.17, 15) is 4.79 Å². The van der Waals surface area contributed by atoms with Crippen LogP contribution in [0.25, 0.3) is 0 Å². The monoisotopic (exact) mass is 411 g/mol. The van der Waals surface area contributed by atoms with Crippen LogP contribution in [0.1, 0.15) is 18.2 Å². The molecule has 0 spiro atoms. The Kier molecular flexibility index (Phi) is 7.18. The van der Waals surface area contributed by atoms with Gasteiger partial charge in [-0.25, -0.2) is 4.98 Å². The van der Waals surface area contributed by atoms with Crippen LogP contribution in [0.2, 0.25) is 0 Å². The summed E-state index contributed by atoms with van der Waals surface area (Å²) >= 11 is 1.37. The summed E-state index contributed by atoms with van der Waals surface area (Å²) in [6.07, 6.45) is 1.81. The Balaban J connectivity index is 1.62. The molecule has 3 rings (SSSR count). The van der Waals surface area contributed by atoms with E-state index in [0.717, 1.165) is 11.3 Å². The summed E-state index contributed by atoms with van der Waals surface area (Å²) in [4.78, 5) is 15.8. The van der Waals surface area contributed by atoms with Crippen molar-refractivity contribution in [2.75, 3.05) is 19.1 Å². The SMILES string of the molecule is CCOC(=O)Cc1csc(NN=Cc2ccccc2Oc2ccc(OC)cc2)n1. The number of hydrogen-bond donors (Lipinski definition) is 1. The highest BCUT2D eigenvalue weighted by Crippen LogP contribution is 2.26. The fourth-order valence-corrected chi connectivity index (χ4v) is 3.07. The van der Waals surface area contributed by atoms with Gasteiger partial charge in [0.05, 0.1) is 32.0 Å². The molecule has 0 saturated heterocycles. The standard InChI is InChI=1S/C21H21N3O4S/c1-3-27-20(25)12-16-14-29-21(23-16)24-22-13-15-6-4-5-7-19(15)28-18-10-8-17(26-2)9-11-18/h4-11,13-14H,3,12H2,1-2H3,(H,23,24). The van der Waals surface area contributed by atoms with Gasteiger partial charge in [0.1, 0.15) is 17.2 Å². The third kappa shape index (κ3) is 6.05. The second kappa shape index (κ2) is 10.2. The van der Waals surface area contributed by atoms with Gasteiger partial charge >= 0.3 is 5.97 Å². The van der Waals surface area contributed by atoms with E-state index >= 15 is 0 Å². The molecule has 0 bridgehead atoms. The van der Waals surface area contributed by atoms with Crippen molar-refractivity contribution >= 4 is 28.7 Å². The van der Waals surface area contributed by atoms with Crippen LogP contribution in [0, 0.1) is 0 Å². The smallest absolute Gasteiger partial charge is 0.311 e. The molecule has 1 aromatic heterocycles. The first-order chi connectivity index (χ1) is 14.2. The van der Waals surface area contributed by atoms with Crippen molar-refractivity contribution < 1.29 is 19.0 Å². The van der Waals surface area contributed by atoms with Crippen molar-refractivity contribution in [1.29, 1.82) is 0 Å². The molecule has 150 valence electrons. The molecule has 3 aromatic rings. The topological polar surface area (TPSA) is 82.0 Å². The summed E-state index contributed by atoms with van der Waals surface area (Å²) in [7, 11) is 1.62. The zero-order valence-electron chi connectivity index (χ0n) is 16.1. The van der Waals surface area contributed by atoms with Crippen LogP contribution in [0.3, 0.4) is 0 Å². The van der Waals surface area contributed by atoms with Gasteiger partial charge < -0.3 is 14.2 Å². The van der Waals surface area contributed by atoms with Gasteiger partial charge in [0, 0.05) is 10.9 Å². The lowest BCUT2D eigenvalue weighted by molar-refractivity contribution is -0.142. The van der Waals surface area contributed by atoms with Crippen molar-refractivity contribution in [1.82, 2.24) is 4.98 Å². The van der Waals surface area contributed by atoms with Crippen molar-refractivity contribution in [3.63, 3.8) is 0 Å². The van der Waals surface area contributed by atoms with Crippen molar-refractivity contribution in [2.45, 2.75) is 13.3 Å². The highest BCUT2D eigenvalue weighted by atomic mass is 32.1. The maximum atomic E-state index is 11.5.